The smallest absolute Gasteiger partial charge is 0.343 e. The highest BCUT2D eigenvalue weighted by atomic mass is 32.1. The highest BCUT2D eigenvalue weighted by molar-refractivity contribution is 7.32. The molecule has 3 aromatic heterocycles. The third-order valence-corrected chi connectivity index (χ3v) is 18.1. The fourth-order valence-corrected chi connectivity index (χ4v) is 14.7. The van der Waals surface area contributed by atoms with Crippen LogP contribution in [0.5, 0.6) is 0 Å². The van der Waals surface area contributed by atoms with Crippen molar-refractivity contribution in [1.82, 2.24) is 4.48 Å². The second-order valence-electron chi connectivity index (χ2n) is 21.5. The summed E-state index contributed by atoms with van der Waals surface area (Å²) in [5, 5.41) is 9.27. The molecule has 1 aliphatic carbocycles. The summed E-state index contributed by atoms with van der Waals surface area (Å²) in [5.74, 6) is 0. The monoisotopic (exact) mass is 872 g/mol. The van der Waals surface area contributed by atoms with Gasteiger partial charge in [0.1, 0.15) is 0 Å². The van der Waals surface area contributed by atoms with Gasteiger partial charge in [0.2, 0.25) is 0 Å². The van der Waals surface area contributed by atoms with E-state index in [1.807, 2.05) is 22.7 Å². The van der Waals surface area contributed by atoms with E-state index in [4.69, 9.17) is 0 Å². The third kappa shape index (κ3) is 5.12. The van der Waals surface area contributed by atoms with Gasteiger partial charge >= 0.3 is 6.85 Å². The summed E-state index contributed by atoms with van der Waals surface area (Å²) >= 11 is 4.01. The first-order valence-electron chi connectivity index (χ1n) is 23.4. The second-order valence-corrected chi connectivity index (χ2v) is 23.6. The molecule has 0 N–H and O–H groups in total. The first-order chi connectivity index (χ1) is 31.4. The molecule has 0 spiro atoms. The van der Waals surface area contributed by atoms with E-state index in [0.29, 0.717) is 0 Å². The van der Waals surface area contributed by atoms with Crippen molar-refractivity contribution < 1.29 is 0 Å². The molecule has 0 bridgehead atoms. The van der Waals surface area contributed by atoms with E-state index in [1.165, 1.54) is 142 Å². The number of anilines is 3. The van der Waals surface area contributed by atoms with Crippen molar-refractivity contribution in [1.29, 1.82) is 0 Å². The maximum atomic E-state index is 2.78. The van der Waals surface area contributed by atoms with Gasteiger partial charge in [0, 0.05) is 63.3 Å². The van der Waals surface area contributed by atoms with Crippen LogP contribution in [0, 0.1) is 0 Å². The number of aromatic nitrogens is 1. The number of hydrogen-bond acceptors (Lipinski definition) is 3. The first kappa shape index (κ1) is 38.2. The Morgan fingerprint density at radius 3 is 2.03 bits per heavy atom. The molecular formula is C60H49BN2S2. The summed E-state index contributed by atoms with van der Waals surface area (Å²) in [4.78, 5) is 2.77. The van der Waals surface area contributed by atoms with Gasteiger partial charge in [-0.15, -0.1) is 22.7 Å². The maximum Gasteiger partial charge on any atom is 0.343 e. The Morgan fingerprint density at radius 1 is 0.538 bits per heavy atom. The molecule has 2 nitrogen and oxygen atoms in total. The zero-order valence-electron chi connectivity index (χ0n) is 38.1. The molecule has 5 heteroatoms. The molecule has 0 unspecified atom stereocenters. The molecular weight excluding hydrogens is 824 g/mol. The quantitative estimate of drug-likeness (QED) is 0.157. The Hall–Kier alpha value is -6.14. The van der Waals surface area contributed by atoms with E-state index in [2.05, 4.69) is 203 Å². The lowest BCUT2D eigenvalue weighted by molar-refractivity contribution is 0.332. The van der Waals surface area contributed by atoms with E-state index in [1.54, 1.807) is 0 Å². The topological polar surface area (TPSA) is 8.17 Å². The molecule has 11 aromatic rings. The average molecular weight is 873 g/mol. The Balaban J connectivity index is 1.21. The van der Waals surface area contributed by atoms with Gasteiger partial charge in [-0.1, -0.05) is 146 Å². The molecule has 3 aliphatic rings. The normalized spacial score (nSPS) is 16.0. The molecule has 14 rings (SSSR count). The average Bonchev–Trinajstić information content (AvgIpc) is 3.98. The minimum Gasteiger partial charge on any atom is -0.375 e. The zero-order chi connectivity index (χ0) is 43.9. The SMILES string of the molecule is CC(C)(C)c1ccc(N2c3c(sc4cc5c(cc34)C(C)(C)CCC5(C)C)B3c4c(cc5c(sc6ccccc65)c42)-c2cccc4c5cc6ccccc6cc5n3c24)c(-c2ccccc2)c1. The van der Waals surface area contributed by atoms with E-state index in [-0.39, 0.29) is 23.1 Å². The van der Waals surface area contributed by atoms with E-state index >= 15 is 0 Å². The maximum absolute atomic E-state index is 2.78. The lowest BCUT2D eigenvalue weighted by Gasteiger charge is -2.42. The number of nitrogens with zero attached hydrogens (tertiary/aromatic N) is 2. The molecule has 5 heterocycles. The number of fused-ring (bicyclic) bond motifs is 15. The Morgan fingerprint density at radius 2 is 1.25 bits per heavy atom. The van der Waals surface area contributed by atoms with Crippen molar-refractivity contribution in [3.05, 3.63) is 162 Å². The van der Waals surface area contributed by atoms with Gasteiger partial charge in [-0.2, -0.15) is 0 Å². The van der Waals surface area contributed by atoms with Crippen LogP contribution in [0.3, 0.4) is 0 Å². The molecule has 314 valence electrons. The summed E-state index contributed by atoms with van der Waals surface area (Å²) in [6.07, 6.45) is 2.37. The molecule has 0 amide bonds. The molecule has 8 aromatic carbocycles. The molecule has 0 radical (unpaired) electrons. The van der Waals surface area contributed by atoms with Crippen LogP contribution in [-0.2, 0) is 16.2 Å². The fourth-order valence-electron chi connectivity index (χ4n) is 12.2. The van der Waals surface area contributed by atoms with Crippen molar-refractivity contribution in [2.75, 3.05) is 4.90 Å². The number of rotatable bonds is 2. The summed E-state index contributed by atoms with van der Waals surface area (Å²) in [6.45, 7) is 16.9. The lowest BCUT2D eigenvalue weighted by Crippen LogP contribution is -2.55. The molecule has 0 atom stereocenters. The van der Waals surface area contributed by atoms with Crippen LogP contribution >= 0.6 is 22.7 Å². The predicted octanol–water partition coefficient (Wildman–Crippen LogP) is 16.3. The molecule has 65 heavy (non-hydrogen) atoms. The Labute approximate surface area is 388 Å². The first-order valence-corrected chi connectivity index (χ1v) is 25.0. The number of thiophene rings is 2. The fraction of sp³-hybridized carbons (Fsp3) is 0.200. The van der Waals surface area contributed by atoms with Gasteiger partial charge in [-0.3, -0.25) is 0 Å². The Kier molecular flexibility index (Phi) is 7.52. The summed E-state index contributed by atoms with van der Waals surface area (Å²) in [5.41, 5.74) is 17.7. The molecule has 2 aliphatic heterocycles. The van der Waals surface area contributed by atoms with Crippen LogP contribution in [0.25, 0.3) is 85.1 Å². The van der Waals surface area contributed by atoms with Crippen molar-refractivity contribution in [3.8, 4) is 22.3 Å². The van der Waals surface area contributed by atoms with Gasteiger partial charge in [0.25, 0.3) is 0 Å². The summed E-state index contributed by atoms with van der Waals surface area (Å²) < 4.78 is 8.27. The minimum absolute atomic E-state index is 0.0217. The van der Waals surface area contributed by atoms with Crippen LogP contribution < -0.4 is 15.1 Å². The van der Waals surface area contributed by atoms with Crippen LogP contribution in [0.4, 0.5) is 17.1 Å². The largest absolute Gasteiger partial charge is 0.375 e. The second kappa shape index (κ2) is 12.8. The van der Waals surface area contributed by atoms with Crippen molar-refractivity contribution >= 4 is 120 Å². The van der Waals surface area contributed by atoms with E-state index in [0.717, 1.165) is 0 Å². The van der Waals surface area contributed by atoms with Crippen LogP contribution in [0.2, 0.25) is 0 Å². The number of para-hydroxylation sites is 1. The molecule has 0 saturated carbocycles. The van der Waals surface area contributed by atoms with Gasteiger partial charge in [-0.25, -0.2) is 0 Å². The summed E-state index contributed by atoms with van der Waals surface area (Å²) in [6, 6.07) is 56.5. The van der Waals surface area contributed by atoms with Gasteiger partial charge in [0.15, 0.2) is 0 Å². The van der Waals surface area contributed by atoms with Gasteiger partial charge < -0.3 is 9.38 Å². The lowest BCUT2D eigenvalue weighted by atomic mass is 9.48. The van der Waals surface area contributed by atoms with E-state index in [9.17, 15) is 0 Å². The highest BCUT2D eigenvalue weighted by Gasteiger charge is 2.47. The highest BCUT2D eigenvalue weighted by Crippen LogP contribution is 2.56. The minimum atomic E-state index is -0.0265. The zero-order valence-corrected chi connectivity index (χ0v) is 39.7. The predicted molar refractivity (Wildman–Crippen MR) is 285 cm³/mol. The van der Waals surface area contributed by atoms with Crippen molar-refractivity contribution in [3.63, 3.8) is 0 Å². The van der Waals surface area contributed by atoms with Crippen LogP contribution in [0.15, 0.2) is 146 Å². The molecule has 0 fully saturated rings. The van der Waals surface area contributed by atoms with Gasteiger partial charge in [0.05, 0.1) is 21.8 Å². The third-order valence-electron chi connectivity index (χ3n) is 15.7. The van der Waals surface area contributed by atoms with E-state index < -0.39 is 0 Å². The van der Waals surface area contributed by atoms with Crippen molar-refractivity contribution in [2.45, 2.75) is 77.6 Å². The van der Waals surface area contributed by atoms with Crippen LogP contribution in [0.1, 0.15) is 78.0 Å². The molecule has 0 saturated heterocycles. The van der Waals surface area contributed by atoms with Crippen molar-refractivity contribution in [2.24, 2.45) is 0 Å². The van der Waals surface area contributed by atoms with Crippen LogP contribution in [-0.4, -0.2) is 11.3 Å². The number of benzene rings is 8. The standard InChI is InChI=1S/C60H49BN2S2/c1-58(2,3)37-24-25-48(41(30-37)34-16-9-8-10-17-34)62-54-45-32-46-47(60(6,7)27-26-59(46,4)5)33-51(45)65-57(54)61-52-43(31-44-38-20-13-14-23-50(38)64-56(44)55(52)62)40-22-15-21-39-42-28-35-18-11-12-19-36(35)29-49(42)63(61)53(39)40/h8-25,28-33H,26-27H2,1-7H3. The summed E-state index contributed by atoms with van der Waals surface area (Å²) in [7, 11) is 0. The van der Waals surface area contributed by atoms with Gasteiger partial charge in [-0.05, 0) is 122 Å². The number of hydrogen-bond donors (Lipinski definition) is 0. The Bertz CT molecular complexity index is 3890.